The zero-order valence-corrected chi connectivity index (χ0v) is 11.3. The van der Waals surface area contributed by atoms with Gasteiger partial charge < -0.3 is 0 Å². The molecule has 0 aromatic carbocycles. The molecule has 0 aliphatic rings. The normalized spacial score (nSPS) is 16.6. The van der Waals surface area contributed by atoms with Crippen LogP contribution in [0.4, 0.5) is 0 Å². The molecule has 4 nitrogen and oxygen atoms in total. The third-order valence-corrected chi connectivity index (χ3v) is 2.25. The molecule has 0 aliphatic heterocycles. The van der Waals surface area contributed by atoms with Crippen molar-refractivity contribution in [2.75, 3.05) is 0 Å². The van der Waals surface area contributed by atoms with E-state index in [4.69, 9.17) is 5.26 Å². The van der Waals surface area contributed by atoms with Gasteiger partial charge in [0.2, 0.25) is 5.72 Å². The molecule has 16 heavy (non-hydrogen) atoms. The Morgan fingerprint density at radius 3 is 2.06 bits per heavy atom. The maximum Gasteiger partial charge on any atom is 0.209 e. The lowest BCUT2D eigenvalue weighted by Crippen LogP contribution is -2.25. The fourth-order valence-electron chi connectivity index (χ4n) is 1.25. The van der Waals surface area contributed by atoms with Crippen LogP contribution in [-0.4, -0.2) is 16.5 Å². The summed E-state index contributed by atoms with van der Waals surface area (Å²) in [6, 6.07) is 0. The standard InChI is InChI=1S/C12H26N2O2/c1-6-7-8-9-10-12(5,16-15)14-13-11(2,3)4/h15H,6-10H2,1-5H3. The molecule has 0 aromatic heterocycles. The molecule has 0 amide bonds. The van der Waals surface area contributed by atoms with E-state index in [1.54, 1.807) is 6.92 Å². The van der Waals surface area contributed by atoms with Crippen molar-refractivity contribution in [1.82, 2.24) is 0 Å². The molecular weight excluding hydrogens is 204 g/mol. The second-order valence-electron chi connectivity index (χ2n) is 5.45. The van der Waals surface area contributed by atoms with Crippen LogP contribution in [0.25, 0.3) is 0 Å². The van der Waals surface area contributed by atoms with Crippen molar-refractivity contribution in [3.63, 3.8) is 0 Å². The summed E-state index contributed by atoms with van der Waals surface area (Å²) in [5.41, 5.74) is -1.12. The average Bonchev–Trinajstić information content (AvgIpc) is 2.21. The Labute approximate surface area is 99.0 Å². The minimum Gasteiger partial charge on any atom is -0.249 e. The quantitative estimate of drug-likeness (QED) is 0.305. The number of azo groups is 1. The summed E-state index contributed by atoms with van der Waals surface area (Å²) in [7, 11) is 0. The SMILES string of the molecule is CCCCCCC(C)(N=NC(C)(C)C)OO. The molecule has 0 rings (SSSR count). The second kappa shape index (κ2) is 6.97. The Bertz CT molecular complexity index is 212. The zero-order valence-electron chi connectivity index (χ0n) is 11.3. The van der Waals surface area contributed by atoms with Gasteiger partial charge in [0, 0.05) is 6.42 Å². The highest BCUT2D eigenvalue weighted by Gasteiger charge is 2.25. The molecule has 0 heterocycles. The number of hydrogen-bond acceptors (Lipinski definition) is 4. The summed E-state index contributed by atoms with van der Waals surface area (Å²) < 4.78 is 0. The maximum atomic E-state index is 8.88. The van der Waals surface area contributed by atoms with Crippen molar-refractivity contribution in [2.45, 2.75) is 78.0 Å². The van der Waals surface area contributed by atoms with Gasteiger partial charge in [0.05, 0.1) is 5.54 Å². The first-order chi connectivity index (χ1) is 7.33. The Hall–Kier alpha value is -0.480. The highest BCUT2D eigenvalue weighted by atomic mass is 17.1. The Morgan fingerprint density at radius 2 is 1.62 bits per heavy atom. The van der Waals surface area contributed by atoms with E-state index >= 15 is 0 Å². The van der Waals surface area contributed by atoms with Gasteiger partial charge in [-0.1, -0.05) is 26.2 Å². The minimum absolute atomic E-state index is 0.233. The minimum atomic E-state index is -0.888. The first kappa shape index (κ1) is 15.5. The van der Waals surface area contributed by atoms with Crippen LogP contribution >= 0.6 is 0 Å². The topological polar surface area (TPSA) is 54.2 Å². The molecular formula is C12H26N2O2. The summed E-state index contributed by atoms with van der Waals surface area (Å²) in [4.78, 5) is 4.45. The monoisotopic (exact) mass is 230 g/mol. The fourth-order valence-corrected chi connectivity index (χ4v) is 1.25. The first-order valence-electron chi connectivity index (χ1n) is 6.09. The van der Waals surface area contributed by atoms with Crippen LogP contribution in [0.1, 0.15) is 66.7 Å². The van der Waals surface area contributed by atoms with Crippen molar-refractivity contribution in [3.05, 3.63) is 0 Å². The lowest BCUT2D eigenvalue weighted by atomic mass is 10.1. The van der Waals surface area contributed by atoms with Crippen molar-refractivity contribution >= 4 is 0 Å². The molecule has 0 radical (unpaired) electrons. The van der Waals surface area contributed by atoms with Crippen molar-refractivity contribution in [2.24, 2.45) is 10.2 Å². The predicted octanol–water partition coefficient (Wildman–Crippen LogP) is 4.41. The Morgan fingerprint density at radius 1 is 1.00 bits per heavy atom. The molecule has 0 aliphatic carbocycles. The molecule has 0 bridgehead atoms. The molecule has 0 spiro atoms. The maximum absolute atomic E-state index is 8.88. The van der Waals surface area contributed by atoms with E-state index in [1.165, 1.54) is 12.8 Å². The summed E-state index contributed by atoms with van der Waals surface area (Å²) in [5, 5.41) is 17.1. The molecule has 0 saturated carbocycles. The van der Waals surface area contributed by atoms with E-state index in [2.05, 4.69) is 22.0 Å². The fraction of sp³-hybridized carbons (Fsp3) is 1.00. The summed E-state index contributed by atoms with van der Waals surface area (Å²) >= 11 is 0. The van der Waals surface area contributed by atoms with Crippen LogP contribution in [0.3, 0.4) is 0 Å². The van der Waals surface area contributed by atoms with Gasteiger partial charge in [0.15, 0.2) is 0 Å². The first-order valence-corrected chi connectivity index (χ1v) is 6.09. The van der Waals surface area contributed by atoms with Crippen LogP contribution < -0.4 is 0 Å². The van der Waals surface area contributed by atoms with Gasteiger partial charge in [0.1, 0.15) is 0 Å². The highest BCUT2D eigenvalue weighted by molar-refractivity contribution is 4.73. The average molecular weight is 230 g/mol. The molecule has 0 aromatic rings. The lowest BCUT2D eigenvalue weighted by Gasteiger charge is -2.21. The van der Waals surface area contributed by atoms with E-state index in [-0.39, 0.29) is 5.54 Å². The van der Waals surface area contributed by atoms with Crippen molar-refractivity contribution in [1.29, 1.82) is 0 Å². The van der Waals surface area contributed by atoms with Gasteiger partial charge in [-0.05, 0) is 34.1 Å². The molecule has 1 unspecified atom stereocenters. The van der Waals surface area contributed by atoms with Crippen molar-refractivity contribution in [3.8, 4) is 0 Å². The largest absolute Gasteiger partial charge is 0.249 e. The highest BCUT2D eigenvalue weighted by Crippen LogP contribution is 2.22. The van der Waals surface area contributed by atoms with Gasteiger partial charge in [-0.15, -0.1) is 0 Å². The number of hydrogen-bond donors (Lipinski definition) is 1. The Kier molecular flexibility index (Phi) is 6.76. The van der Waals surface area contributed by atoms with Crippen LogP contribution in [0, 0.1) is 0 Å². The third kappa shape index (κ3) is 7.77. The molecule has 0 fully saturated rings. The molecule has 0 saturated heterocycles. The van der Waals surface area contributed by atoms with Crippen LogP contribution in [-0.2, 0) is 4.89 Å². The number of unbranched alkanes of at least 4 members (excludes halogenated alkanes) is 3. The van der Waals surface area contributed by atoms with Gasteiger partial charge in [0.25, 0.3) is 0 Å². The van der Waals surface area contributed by atoms with Crippen LogP contribution in [0.15, 0.2) is 10.2 Å². The predicted molar refractivity (Wildman–Crippen MR) is 65.5 cm³/mol. The number of rotatable bonds is 7. The van der Waals surface area contributed by atoms with Gasteiger partial charge in [-0.25, -0.2) is 10.1 Å². The van der Waals surface area contributed by atoms with E-state index in [0.29, 0.717) is 6.42 Å². The Balaban J connectivity index is 4.15. The van der Waals surface area contributed by atoms with Crippen LogP contribution in [0.5, 0.6) is 0 Å². The smallest absolute Gasteiger partial charge is 0.209 e. The summed E-state index contributed by atoms with van der Waals surface area (Å²) in [5.74, 6) is 0. The van der Waals surface area contributed by atoms with E-state index in [0.717, 1.165) is 12.8 Å². The van der Waals surface area contributed by atoms with Crippen LogP contribution in [0.2, 0.25) is 0 Å². The third-order valence-electron chi connectivity index (χ3n) is 2.25. The van der Waals surface area contributed by atoms with E-state index in [1.807, 2.05) is 20.8 Å². The van der Waals surface area contributed by atoms with E-state index < -0.39 is 5.72 Å². The summed E-state index contributed by atoms with van der Waals surface area (Å²) in [6.07, 6.45) is 5.23. The number of nitrogens with zero attached hydrogens (tertiary/aromatic N) is 2. The zero-order chi connectivity index (χ0) is 12.7. The molecule has 96 valence electrons. The lowest BCUT2D eigenvalue weighted by molar-refractivity contribution is -0.319. The van der Waals surface area contributed by atoms with Gasteiger partial charge >= 0.3 is 0 Å². The van der Waals surface area contributed by atoms with Gasteiger partial charge in [-0.3, -0.25) is 0 Å². The molecule has 1 atom stereocenters. The molecule has 1 N–H and O–H groups in total. The second-order valence-corrected chi connectivity index (χ2v) is 5.45. The van der Waals surface area contributed by atoms with Gasteiger partial charge in [-0.2, -0.15) is 10.2 Å². The van der Waals surface area contributed by atoms with Crippen molar-refractivity contribution < 1.29 is 10.1 Å². The summed E-state index contributed by atoms with van der Waals surface area (Å²) in [6.45, 7) is 9.82. The molecule has 4 heteroatoms. The van der Waals surface area contributed by atoms with E-state index in [9.17, 15) is 0 Å².